The molecule has 0 saturated heterocycles. The fourth-order valence-electron chi connectivity index (χ4n) is 0.111. The van der Waals surface area contributed by atoms with Gasteiger partial charge in [-0.2, -0.15) is 6.08 Å². The van der Waals surface area contributed by atoms with Crippen molar-refractivity contribution in [2.45, 2.75) is 6.92 Å². The first-order chi connectivity index (χ1) is 2.41. The summed E-state index contributed by atoms with van der Waals surface area (Å²) in [7, 11) is 0. The van der Waals surface area contributed by atoms with Crippen molar-refractivity contribution in [1.29, 1.82) is 0 Å². The molecule has 0 bridgehead atoms. The van der Waals surface area contributed by atoms with Crippen molar-refractivity contribution in [2.75, 3.05) is 0 Å². The minimum absolute atomic E-state index is 0. The maximum absolute atomic E-state index is 4.93. The van der Waals surface area contributed by atoms with Crippen LogP contribution in [0.25, 0.3) is 0 Å². The molecule has 0 radical (unpaired) electrons. The zero-order chi connectivity index (χ0) is 4.12. The number of halogens is 1. The molecule has 7 heavy (non-hydrogen) atoms. The van der Waals surface area contributed by atoms with Crippen molar-refractivity contribution in [3.8, 4) is 0 Å². The van der Waals surface area contributed by atoms with Crippen molar-refractivity contribution in [1.82, 2.24) is 0 Å². The molecule has 0 nitrogen and oxygen atoms in total. The minimum atomic E-state index is 0. The Labute approximate surface area is 71.6 Å². The third kappa shape index (κ3) is 20.2. The van der Waals surface area contributed by atoms with E-state index in [4.69, 9.17) is 6.58 Å². The second-order valence-electron chi connectivity index (χ2n) is 0.718. The number of hydrogen-bond donors (Lipinski definition) is 0. The maximum atomic E-state index is 4.93. The molecule has 0 saturated carbocycles. The Balaban J connectivity index is -0.0000000800. The standard InChI is InChI=1S/C5H7.BrH.Mg/c1-3-5-4-2;;/h1,3-5H,2H3;1H;/q-1;;+2/p-1. The van der Waals surface area contributed by atoms with Crippen LogP contribution in [0.4, 0.5) is 0 Å². The van der Waals surface area contributed by atoms with Crippen molar-refractivity contribution >= 4 is 23.1 Å². The summed E-state index contributed by atoms with van der Waals surface area (Å²) in [6.07, 6.45) is 5.15. The Bertz CT molecular complexity index is 50.0. The van der Waals surface area contributed by atoms with E-state index in [1.165, 1.54) is 6.08 Å². The zero-order valence-corrected chi connectivity index (χ0v) is 7.39. The van der Waals surface area contributed by atoms with Crippen LogP contribution >= 0.6 is 0 Å². The summed E-state index contributed by atoms with van der Waals surface area (Å²) in [5, 5.41) is 0. The molecule has 0 unspecified atom stereocenters. The first-order valence-corrected chi connectivity index (χ1v) is 1.58. The van der Waals surface area contributed by atoms with Crippen molar-refractivity contribution in [2.24, 2.45) is 0 Å². The molecular weight excluding hydrogens is 164 g/mol. The predicted octanol–water partition coefficient (Wildman–Crippen LogP) is -1.83. The van der Waals surface area contributed by atoms with Crippen LogP contribution in [0.2, 0.25) is 0 Å². The van der Waals surface area contributed by atoms with Crippen LogP contribution in [0.15, 0.2) is 18.2 Å². The van der Waals surface area contributed by atoms with Gasteiger partial charge in [0.05, 0.1) is 0 Å². The molecule has 0 aliphatic heterocycles. The second kappa shape index (κ2) is 15.9. The van der Waals surface area contributed by atoms with E-state index in [0.29, 0.717) is 0 Å². The molecule has 0 heterocycles. The van der Waals surface area contributed by atoms with Gasteiger partial charge < -0.3 is 17.0 Å². The van der Waals surface area contributed by atoms with Crippen LogP contribution < -0.4 is 17.0 Å². The Morgan fingerprint density at radius 1 is 1.43 bits per heavy atom. The molecule has 0 aliphatic rings. The Morgan fingerprint density at radius 3 is 1.86 bits per heavy atom. The minimum Gasteiger partial charge on any atom is -1.00 e. The normalized spacial score (nSPS) is 6.43. The van der Waals surface area contributed by atoms with Crippen LogP contribution in [0, 0.1) is 6.58 Å². The van der Waals surface area contributed by atoms with Gasteiger partial charge in [-0.1, -0.05) is 6.92 Å². The van der Waals surface area contributed by atoms with Gasteiger partial charge in [0.25, 0.3) is 0 Å². The molecule has 0 aromatic rings. The summed E-state index contributed by atoms with van der Waals surface area (Å²) in [5.41, 5.74) is 0. The molecule has 2 heteroatoms. The maximum Gasteiger partial charge on any atom is 2.00 e. The summed E-state index contributed by atoms with van der Waals surface area (Å²) < 4.78 is 0. The molecular formula is C5H7BrMg. The third-order valence-corrected chi connectivity index (χ3v) is 0.304. The number of rotatable bonds is 1. The molecule has 0 fully saturated rings. The third-order valence-electron chi connectivity index (χ3n) is 0.304. The van der Waals surface area contributed by atoms with Crippen LogP contribution in [-0.2, 0) is 0 Å². The van der Waals surface area contributed by atoms with E-state index in [2.05, 4.69) is 0 Å². The molecule has 36 valence electrons. The first kappa shape index (κ1) is 15.6. The molecule has 0 amide bonds. The summed E-state index contributed by atoms with van der Waals surface area (Å²) >= 11 is 0. The SMILES string of the molecule is [Br-].[CH-]=CC=CC.[Mg+2]. The Kier molecular flexibility index (Phi) is 35.5. The van der Waals surface area contributed by atoms with Crippen LogP contribution in [-0.4, -0.2) is 23.1 Å². The Morgan fingerprint density at radius 2 is 1.86 bits per heavy atom. The van der Waals surface area contributed by atoms with Gasteiger partial charge in [-0.3, -0.25) is 6.58 Å². The van der Waals surface area contributed by atoms with Crippen LogP contribution in [0.3, 0.4) is 0 Å². The van der Waals surface area contributed by atoms with Gasteiger partial charge in [-0.25, -0.2) is 12.2 Å². The predicted molar refractivity (Wildman–Crippen MR) is 29.4 cm³/mol. The molecule has 0 rings (SSSR count). The van der Waals surface area contributed by atoms with Crippen molar-refractivity contribution in [3.63, 3.8) is 0 Å². The molecule has 0 spiro atoms. The molecule has 0 aromatic heterocycles. The van der Waals surface area contributed by atoms with E-state index in [-0.39, 0.29) is 40.0 Å². The summed E-state index contributed by atoms with van der Waals surface area (Å²) in [5.74, 6) is 0. The number of allylic oxidation sites excluding steroid dienone is 3. The smallest absolute Gasteiger partial charge is 1.00 e. The topological polar surface area (TPSA) is 0 Å². The van der Waals surface area contributed by atoms with Gasteiger partial charge in [0.15, 0.2) is 0 Å². The van der Waals surface area contributed by atoms with Crippen LogP contribution in [0.5, 0.6) is 0 Å². The van der Waals surface area contributed by atoms with Crippen molar-refractivity contribution < 1.29 is 17.0 Å². The molecule has 0 atom stereocenters. The average molecular weight is 171 g/mol. The van der Waals surface area contributed by atoms with E-state index < -0.39 is 0 Å². The van der Waals surface area contributed by atoms with Gasteiger partial charge in [-0.05, 0) is 0 Å². The van der Waals surface area contributed by atoms with E-state index in [1.54, 1.807) is 6.08 Å². The van der Waals surface area contributed by atoms with Gasteiger partial charge in [0.2, 0.25) is 0 Å². The van der Waals surface area contributed by atoms with Crippen LogP contribution in [0.1, 0.15) is 6.92 Å². The molecule has 0 aliphatic carbocycles. The Hall–Kier alpha value is 0.726. The monoisotopic (exact) mass is 170 g/mol. The fourth-order valence-corrected chi connectivity index (χ4v) is 0.111. The first-order valence-electron chi connectivity index (χ1n) is 1.58. The van der Waals surface area contributed by atoms with E-state index in [1.807, 2.05) is 13.0 Å². The second-order valence-corrected chi connectivity index (χ2v) is 0.718. The van der Waals surface area contributed by atoms with Gasteiger partial charge in [-0.15, -0.1) is 0 Å². The zero-order valence-electron chi connectivity index (χ0n) is 4.39. The van der Waals surface area contributed by atoms with Gasteiger partial charge in [0.1, 0.15) is 0 Å². The summed E-state index contributed by atoms with van der Waals surface area (Å²) in [6, 6.07) is 0. The van der Waals surface area contributed by atoms with Gasteiger partial charge in [0, 0.05) is 0 Å². The summed E-state index contributed by atoms with van der Waals surface area (Å²) in [4.78, 5) is 0. The van der Waals surface area contributed by atoms with E-state index in [0.717, 1.165) is 0 Å². The van der Waals surface area contributed by atoms with Gasteiger partial charge >= 0.3 is 23.1 Å². The summed E-state index contributed by atoms with van der Waals surface area (Å²) in [6.45, 7) is 6.85. The average Bonchev–Trinajstić information content (AvgIpc) is 1.41. The van der Waals surface area contributed by atoms with Crippen molar-refractivity contribution in [3.05, 3.63) is 24.8 Å². The largest absolute Gasteiger partial charge is 2.00 e. The molecule has 0 N–H and O–H groups in total. The van der Waals surface area contributed by atoms with E-state index in [9.17, 15) is 0 Å². The molecule has 0 aromatic carbocycles. The number of hydrogen-bond acceptors (Lipinski definition) is 0. The fraction of sp³-hybridized carbons (Fsp3) is 0.200. The quantitative estimate of drug-likeness (QED) is 0.247. The van der Waals surface area contributed by atoms with E-state index >= 15 is 0 Å².